The van der Waals surface area contributed by atoms with Crippen LogP contribution < -0.4 is 0 Å². The van der Waals surface area contributed by atoms with Crippen LogP contribution in [0.2, 0.25) is 0 Å². The number of hydrogen-bond acceptors (Lipinski definition) is 4. The zero-order valence-corrected chi connectivity index (χ0v) is 11.0. The lowest BCUT2D eigenvalue weighted by atomic mass is 10.0. The van der Waals surface area contributed by atoms with E-state index in [-0.39, 0.29) is 21.5 Å². The van der Waals surface area contributed by atoms with E-state index in [0.29, 0.717) is 0 Å². The van der Waals surface area contributed by atoms with E-state index in [0.717, 1.165) is 24.2 Å². The largest absolute Gasteiger partial charge is 0.438 e. The zero-order valence-electron chi connectivity index (χ0n) is 10.2. The molecule has 1 atom stereocenters. The van der Waals surface area contributed by atoms with Gasteiger partial charge in [0.25, 0.3) is 11.6 Å². The smallest absolute Gasteiger partial charge is 0.362 e. The first-order chi connectivity index (χ1) is 9.33. The van der Waals surface area contributed by atoms with Crippen LogP contribution in [-0.4, -0.2) is 33.6 Å². The molecule has 2 aliphatic rings. The number of thiophene rings is 1. The number of carbonyl (C=O) groups is 1. The second-order valence-electron chi connectivity index (χ2n) is 4.95. The third-order valence-corrected chi connectivity index (χ3v) is 4.29. The van der Waals surface area contributed by atoms with Gasteiger partial charge in [0.05, 0.1) is 4.88 Å². The lowest BCUT2D eigenvalue weighted by molar-refractivity contribution is -0.297. The summed E-state index contributed by atoms with van der Waals surface area (Å²) in [6.07, 6.45) is -4.08. The molecule has 1 unspecified atom stereocenters. The Balaban J connectivity index is 1.97. The van der Waals surface area contributed by atoms with Gasteiger partial charge in [0.2, 0.25) is 0 Å². The number of carbonyl (C=O) groups excluding carboxylic acids is 1. The van der Waals surface area contributed by atoms with Crippen LogP contribution >= 0.6 is 11.3 Å². The van der Waals surface area contributed by atoms with E-state index in [9.17, 15) is 23.1 Å². The molecule has 1 N–H and O–H groups in total. The van der Waals surface area contributed by atoms with Crippen molar-refractivity contribution in [3.8, 4) is 0 Å². The van der Waals surface area contributed by atoms with Crippen LogP contribution in [0.25, 0.3) is 0 Å². The Bertz CT molecular complexity index is 566. The highest BCUT2D eigenvalue weighted by Crippen LogP contribution is 2.45. The van der Waals surface area contributed by atoms with Gasteiger partial charge in [-0.15, -0.1) is 11.3 Å². The standard InChI is InChI=1S/C12H11F3N2O2S/c13-12(14,15)11(19)6-8(7-3-4-7)16-17(11)10(18)9-2-1-5-20-9/h1-2,5,7,19H,3-4,6H2. The molecule has 1 aliphatic heterocycles. The Morgan fingerprint density at radius 2 is 2.20 bits per heavy atom. The lowest BCUT2D eigenvalue weighted by Crippen LogP contribution is -2.56. The summed E-state index contributed by atoms with van der Waals surface area (Å²) in [5.41, 5.74) is -2.97. The SMILES string of the molecule is O=C(c1cccs1)N1N=C(C2CC2)CC1(O)C(F)(F)F. The molecule has 1 aromatic rings. The molecule has 0 spiro atoms. The Labute approximate surface area is 116 Å². The first-order valence-corrected chi connectivity index (χ1v) is 6.95. The average molecular weight is 304 g/mol. The first kappa shape index (κ1) is 13.6. The first-order valence-electron chi connectivity index (χ1n) is 6.07. The number of hydrazone groups is 1. The number of halogens is 3. The van der Waals surface area contributed by atoms with Crippen LogP contribution in [0.3, 0.4) is 0 Å². The Kier molecular flexibility index (Phi) is 2.91. The topological polar surface area (TPSA) is 52.9 Å². The quantitative estimate of drug-likeness (QED) is 0.913. The molecule has 1 fully saturated rings. The molecular weight excluding hydrogens is 293 g/mol. The van der Waals surface area contributed by atoms with Crippen LogP contribution in [0, 0.1) is 5.92 Å². The Hall–Kier alpha value is -1.41. The van der Waals surface area contributed by atoms with E-state index in [1.165, 1.54) is 6.07 Å². The van der Waals surface area contributed by atoms with E-state index in [4.69, 9.17) is 0 Å². The molecule has 0 bridgehead atoms. The summed E-state index contributed by atoms with van der Waals surface area (Å²) in [5, 5.41) is 15.5. The predicted octanol–water partition coefficient (Wildman–Crippen LogP) is 2.61. The second kappa shape index (κ2) is 4.29. The van der Waals surface area contributed by atoms with Crippen molar-refractivity contribution in [2.45, 2.75) is 31.2 Å². The summed E-state index contributed by atoms with van der Waals surface area (Å²) < 4.78 is 39.4. The minimum atomic E-state index is -4.94. The van der Waals surface area contributed by atoms with Gasteiger partial charge in [0, 0.05) is 12.1 Å². The molecule has 0 saturated heterocycles. The van der Waals surface area contributed by atoms with Crippen molar-refractivity contribution in [3.05, 3.63) is 22.4 Å². The van der Waals surface area contributed by atoms with Crippen LogP contribution in [0.1, 0.15) is 28.9 Å². The summed E-state index contributed by atoms with van der Waals surface area (Å²) in [5.74, 6) is -0.958. The van der Waals surface area contributed by atoms with Gasteiger partial charge in [0.1, 0.15) is 0 Å². The summed E-state index contributed by atoms with van der Waals surface area (Å²) in [4.78, 5) is 12.2. The molecular formula is C12H11F3N2O2S. The number of nitrogens with zero attached hydrogens (tertiary/aromatic N) is 2. The molecule has 4 nitrogen and oxygen atoms in total. The van der Waals surface area contributed by atoms with E-state index >= 15 is 0 Å². The monoisotopic (exact) mass is 304 g/mol. The van der Waals surface area contributed by atoms with Gasteiger partial charge in [-0.25, -0.2) is 0 Å². The van der Waals surface area contributed by atoms with Crippen LogP contribution in [0.4, 0.5) is 13.2 Å². The van der Waals surface area contributed by atoms with Crippen molar-refractivity contribution < 1.29 is 23.1 Å². The fraction of sp³-hybridized carbons (Fsp3) is 0.500. The van der Waals surface area contributed by atoms with E-state index in [1.807, 2.05) is 0 Å². The minimum absolute atomic E-state index is 0.0370. The number of aliphatic hydroxyl groups is 1. The van der Waals surface area contributed by atoms with Crippen LogP contribution in [-0.2, 0) is 0 Å². The fourth-order valence-corrected chi connectivity index (χ4v) is 2.80. The lowest BCUT2D eigenvalue weighted by Gasteiger charge is -2.32. The maximum absolute atomic E-state index is 13.1. The number of hydrogen-bond donors (Lipinski definition) is 1. The average Bonchev–Trinajstić information content (AvgIpc) is 2.94. The summed E-state index contributed by atoms with van der Waals surface area (Å²) in [6.45, 7) is 0. The Morgan fingerprint density at radius 1 is 1.50 bits per heavy atom. The molecule has 3 rings (SSSR count). The van der Waals surface area contributed by atoms with Crippen molar-refractivity contribution in [3.63, 3.8) is 0 Å². The highest BCUT2D eigenvalue weighted by atomic mass is 32.1. The van der Waals surface area contributed by atoms with Crippen molar-refractivity contribution in [2.75, 3.05) is 0 Å². The van der Waals surface area contributed by atoms with Gasteiger partial charge in [-0.3, -0.25) is 4.79 Å². The summed E-state index contributed by atoms with van der Waals surface area (Å²) >= 11 is 1.02. The molecule has 8 heteroatoms. The number of alkyl halides is 3. The molecule has 1 amide bonds. The highest BCUT2D eigenvalue weighted by molar-refractivity contribution is 7.12. The van der Waals surface area contributed by atoms with Gasteiger partial charge in [0.15, 0.2) is 0 Å². The van der Waals surface area contributed by atoms with Gasteiger partial charge in [-0.1, -0.05) is 6.07 Å². The summed E-state index contributed by atoms with van der Waals surface area (Å²) in [6, 6.07) is 2.97. The van der Waals surface area contributed by atoms with Gasteiger partial charge in [-0.2, -0.15) is 23.3 Å². The molecule has 1 saturated carbocycles. The molecule has 1 aliphatic carbocycles. The van der Waals surface area contributed by atoms with E-state index < -0.39 is 24.2 Å². The molecule has 108 valence electrons. The molecule has 1 aromatic heterocycles. The molecule has 2 heterocycles. The maximum atomic E-state index is 13.1. The van der Waals surface area contributed by atoms with Gasteiger partial charge in [-0.05, 0) is 30.2 Å². The number of rotatable bonds is 2. The molecule has 0 aromatic carbocycles. The normalized spacial score (nSPS) is 26.8. The highest BCUT2D eigenvalue weighted by Gasteiger charge is 2.64. The van der Waals surface area contributed by atoms with Crippen molar-refractivity contribution in [1.82, 2.24) is 5.01 Å². The number of amides is 1. The third kappa shape index (κ3) is 2.03. The molecule has 0 radical (unpaired) electrons. The van der Waals surface area contributed by atoms with Crippen molar-refractivity contribution in [1.29, 1.82) is 0 Å². The Morgan fingerprint density at radius 3 is 2.70 bits per heavy atom. The molecule has 20 heavy (non-hydrogen) atoms. The van der Waals surface area contributed by atoms with E-state index in [1.54, 1.807) is 11.4 Å². The van der Waals surface area contributed by atoms with Gasteiger partial charge >= 0.3 is 6.18 Å². The van der Waals surface area contributed by atoms with Crippen molar-refractivity contribution >= 4 is 23.0 Å². The van der Waals surface area contributed by atoms with Crippen LogP contribution in [0.5, 0.6) is 0 Å². The predicted molar refractivity (Wildman–Crippen MR) is 66.3 cm³/mol. The second-order valence-corrected chi connectivity index (χ2v) is 5.90. The third-order valence-electron chi connectivity index (χ3n) is 3.43. The van der Waals surface area contributed by atoms with E-state index in [2.05, 4.69) is 5.10 Å². The van der Waals surface area contributed by atoms with Gasteiger partial charge < -0.3 is 5.11 Å². The zero-order chi connectivity index (χ0) is 14.5. The fourth-order valence-electron chi connectivity index (χ4n) is 2.15. The maximum Gasteiger partial charge on any atom is 0.438 e. The van der Waals surface area contributed by atoms with Crippen molar-refractivity contribution in [2.24, 2.45) is 11.0 Å². The minimum Gasteiger partial charge on any atom is -0.362 e. The summed E-state index contributed by atoms with van der Waals surface area (Å²) in [7, 11) is 0. The van der Waals surface area contributed by atoms with Crippen LogP contribution in [0.15, 0.2) is 22.6 Å².